The summed E-state index contributed by atoms with van der Waals surface area (Å²) in [4.78, 5) is 13.7. The number of carbonyl (C=O) groups excluding carboxylic acids is 1. The van der Waals surface area contributed by atoms with Crippen molar-refractivity contribution in [1.29, 1.82) is 0 Å². The first-order valence-electron chi connectivity index (χ1n) is 5.70. The second-order valence-corrected chi connectivity index (χ2v) is 4.52. The third-order valence-electron chi connectivity index (χ3n) is 3.36. The minimum atomic E-state index is -0.182. The molecular formula is C13H13N3O2. The van der Waals surface area contributed by atoms with Crippen molar-refractivity contribution in [3.63, 3.8) is 0 Å². The molecule has 1 aliphatic rings. The summed E-state index contributed by atoms with van der Waals surface area (Å²) in [5.41, 5.74) is 3.14. The molecule has 0 unspecified atom stereocenters. The molecule has 0 radical (unpaired) electrons. The minimum absolute atomic E-state index is 0.0947. The van der Waals surface area contributed by atoms with Crippen molar-refractivity contribution >= 4 is 5.91 Å². The maximum Gasteiger partial charge on any atom is 0.275 e. The highest BCUT2D eigenvalue weighted by atomic mass is 16.3. The molecule has 1 amide bonds. The van der Waals surface area contributed by atoms with Crippen LogP contribution in [0.4, 0.5) is 0 Å². The largest absolute Gasteiger partial charge is 0.508 e. The van der Waals surface area contributed by atoms with E-state index in [0.717, 1.165) is 16.8 Å². The van der Waals surface area contributed by atoms with E-state index in [2.05, 4.69) is 10.2 Å². The number of hydrogen-bond donors (Lipinski definition) is 2. The lowest BCUT2D eigenvalue weighted by molar-refractivity contribution is 0.0787. The zero-order chi connectivity index (χ0) is 12.9. The molecule has 2 N–H and O–H groups in total. The van der Waals surface area contributed by atoms with Gasteiger partial charge in [0.15, 0.2) is 5.69 Å². The Kier molecular flexibility index (Phi) is 2.16. The Balaban J connectivity index is 2.18. The van der Waals surface area contributed by atoms with E-state index >= 15 is 0 Å². The molecule has 1 atom stereocenters. The number of hydrogen-bond acceptors (Lipinski definition) is 3. The van der Waals surface area contributed by atoms with Crippen LogP contribution in [0.15, 0.2) is 24.3 Å². The highest BCUT2D eigenvalue weighted by Gasteiger charge is 2.39. The molecule has 0 saturated heterocycles. The molecule has 92 valence electrons. The summed E-state index contributed by atoms with van der Waals surface area (Å²) in [5, 5.41) is 16.5. The highest BCUT2D eigenvalue weighted by molar-refractivity contribution is 5.98. The first kappa shape index (κ1) is 10.8. The normalized spacial score (nSPS) is 18.2. The SMILES string of the molecule is Cc1[nH]nc2c1[C@@H](c1cccc(O)c1)N(C)C2=O. The van der Waals surface area contributed by atoms with Crippen LogP contribution in [-0.4, -0.2) is 33.2 Å². The number of phenolic OH excluding ortho intramolecular Hbond substituents is 1. The number of fused-ring (bicyclic) bond motifs is 1. The van der Waals surface area contributed by atoms with Crippen molar-refractivity contribution in [3.05, 3.63) is 46.8 Å². The Bertz CT molecular complexity index is 633. The average Bonchev–Trinajstić information content (AvgIpc) is 2.82. The van der Waals surface area contributed by atoms with Crippen LogP contribution >= 0.6 is 0 Å². The maximum absolute atomic E-state index is 12.1. The molecule has 1 aromatic heterocycles. The Morgan fingerprint density at radius 3 is 2.94 bits per heavy atom. The summed E-state index contributed by atoms with van der Waals surface area (Å²) in [6.45, 7) is 1.90. The number of aromatic hydroxyl groups is 1. The van der Waals surface area contributed by atoms with Gasteiger partial charge in [0.25, 0.3) is 5.91 Å². The van der Waals surface area contributed by atoms with Gasteiger partial charge in [-0.25, -0.2) is 0 Å². The van der Waals surface area contributed by atoms with Crippen LogP contribution in [0.25, 0.3) is 0 Å². The summed E-state index contributed by atoms with van der Waals surface area (Å²) in [7, 11) is 1.75. The summed E-state index contributed by atoms with van der Waals surface area (Å²) < 4.78 is 0. The third-order valence-corrected chi connectivity index (χ3v) is 3.36. The van der Waals surface area contributed by atoms with Crippen LogP contribution in [0.3, 0.4) is 0 Å². The number of rotatable bonds is 1. The quantitative estimate of drug-likeness (QED) is 0.799. The van der Waals surface area contributed by atoms with Crippen LogP contribution < -0.4 is 0 Å². The van der Waals surface area contributed by atoms with E-state index in [-0.39, 0.29) is 17.7 Å². The van der Waals surface area contributed by atoms with Crippen LogP contribution in [0.1, 0.15) is 33.4 Å². The van der Waals surface area contributed by atoms with Crippen molar-refractivity contribution in [1.82, 2.24) is 15.1 Å². The minimum Gasteiger partial charge on any atom is -0.508 e. The third kappa shape index (κ3) is 1.33. The second kappa shape index (κ2) is 3.60. The number of benzene rings is 1. The molecule has 18 heavy (non-hydrogen) atoms. The number of aromatic nitrogens is 2. The fraction of sp³-hybridized carbons (Fsp3) is 0.231. The smallest absolute Gasteiger partial charge is 0.275 e. The van der Waals surface area contributed by atoms with E-state index in [1.54, 1.807) is 30.1 Å². The Hall–Kier alpha value is -2.30. The molecule has 5 heteroatoms. The molecule has 0 aliphatic carbocycles. The molecule has 0 bridgehead atoms. The van der Waals surface area contributed by atoms with Gasteiger partial charge in [0, 0.05) is 18.3 Å². The number of aryl methyl sites for hydroxylation is 1. The second-order valence-electron chi connectivity index (χ2n) is 4.52. The van der Waals surface area contributed by atoms with Crippen molar-refractivity contribution < 1.29 is 9.90 Å². The van der Waals surface area contributed by atoms with Crippen LogP contribution in [-0.2, 0) is 0 Å². The zero-order valence-electron chi connectivity index (χ0n) is 10.1. The van der Waals surface area contributed by atoms with Crippen molar-refractivity contribution in [2.24, 2.45) is 0 Å². The molecular weight excluding hydrogens is 230 g/mol. The first-order chi connectivity index (χ1) is 8.59. The van der Waals surface area contributed by atoms with Gasteiger partial charge in [0.1, 0.15) is 5.75 Å². The van der Waals surface area contributed by atoms with E-state index in [1.165, 1.54) is 0 Å². The molecule has 1 aromatic carbocycles. The lowest BCUT2D eigenvalue weighted by atomic mass is 9.99. The number of aromatic amines is 1. The Labute approximate surface area is 104 Å². The topological polar surface area (TPSA) is 69.2 Å². The average molecular weight is 243 g/mol. The van der Waals surface area contributed by atoms with Gasteiger partial charge >= 0.3 is 0 Å². The van der Waals surface area contributed by atoms with E-state index < -0.39 is 0 Å². The summed E-state index contributed by atoms with van der Waals surface area (Å²) in [6.07, 6.45) is 0. The van der Waals surface area contributed by atoms with E-state index in [0.29, 0.717) is 5.69 Å². The number of phenols is 1. The molecule has 3 rings (SSSR count). The van der Waals surface area contributed by atoms with Gasteiger partial charge < -0.3 is 10.0 Å². The highest BCUT2D eigenvalue weighted by Crippen LogP contribution is 2.38. The zero-order valence-corrected chi connectivity index (χ0v) is 10.1. The standard InChI is InChI=1S/C13H13N3O2/c1-7-10-11(15-14-7)13(18)16(2)12(10)8-4-3-5-9(17)6-8/h3-6,12,17H,1-2H3,(H,14,15)/t12-/m1/s1. The first-order valence-corrected chi connectivity index (χ1v) is 5.70. The molecule has 0 saturated carbocycles. The molecule has 0 spiro atoms. The summed E-state index contributed by atoms with van der Waals surface area (Å²) in [6, 6.07) is 6.78. The van der Waals surface area contributed by atoms with Gasteiger partial charge in [-0.3, -0.25) is 9.89 Å². The van der Waals surface area contributed by atoms with Gasteiger partial charge in [0.2, 0.25) is 0 Å². The predicted molar refractivity (Wildman–Crippen MR) is 65.4 cm³/mol. The van der Waals surface area contributed by atoms with Crippen molar-refractivity contribution in [2.75, 3.05) is 7.05 Å². The Morgan fingerprint density at radius 1 is 1.44 bits per heavy atom. The van der Waals surface area contributed by atoms with Gasteiger partial charge in [-0.05, 0) is 24.6 Å². The number of carbonyl (C=O) groups is 1. The lowest BCUT2D eigenvalue weighted by Gasteiger charge is -2.21. The van der Waals surface area contributed by atoms with Crippen molar-refractivity contribution in [2.45, 2.75) is 13.0 Å². The fourth-order valence-electron chi connectivity index (χ4n) is 2.50. The van der Waals surface area contributed by atoms with Crippen molar-refractivity contribution in [3.8, 4) is 5.75 Å². The number of nitrogens with one attached hydrogen (secondary N) is 1. The number of nitrogens with zero attached hydrogens (tertiary/aromatic N) is 2. The number of H-pyrrole nitrogens is 1. The van der Waals surface area contributed by atoms with Crippen LogP contribution in [0.5, 0.6) is 5.75 Å². The molecule has 5 nitrogen and oxygen atoms in total. The van der Waals surface area contributed by atoms with E-state index in [9.17, 15) is 9.90 Å². The van der Waals surface area contributed by atoms with Gasteiger partial charge in [-0.2, -0.15) is 5.10 Å². The molecule has 2 aromatic rings. The number of amides is 1. The van der Waals surface area contributed by atoms with Crippen LogP contribution in [0.2, 0.25) is 0 Å². The summed E-state index contributed by atoms with van der Waals surface area (Å²) >= 11 is 0. The van der Waals surface area contributed by atoms with E-state index in [1.807, 2.05) is 13.0 Å². The molecule has 2 heterocycles. The lowest BCUT2D eigenvalue weighted by Crippen LogP contribution is -2.24. The summed E-state index contributed by atoms with van der Waals surface area (Å²) in [5.74, 6) is 0.102. The van der Waals surface area contributed by atoms with E-state index in [4.69, 9.17) is 0 Å². The van der Waals surface area contributed by atoms with Gasteiger partial charge in [-0.1, -0.05) is 12.1 Å². The maximum atomic E-state index is 12.1. The Morgan fingerprint density at radius 2 is 2.22 bits per heavy atom. The van der Waals surface area contributed by atoms with Gasteiger partial charge in [0.05, 0.1) is 6.04 Å². The fourth-order valence-corrected chi connectivity index (χ4v) is 2.50. The molecule has 1 aliphatic heterocycles. The monoisotopic (exact) mass is 243 g/mol. The van der Waals surface area contributed by atoms with Gasteiger partial charge in [-0.15, -0.1) is 0 Å². The molecule has 0 fully saturated rings. The van der Waals surface area contributed by atoms with Crippen LogP contribution in [0, 0.1) is 6.92 Å². The predicted octanol–water partition coefficient (Wildman–Crippen LogP) is 1.60.